The van der Waals surface area contributed by atoms with E-state index in [4.69, 9.17) is 11.6 Å². The molecular weight excluding hydrogens is 302 g/mol. The van der Waals surface area contributed by atoms with E-state index in [9.17, 15) is 4.79 Å². The molecule has 0 aliphatic rings. The van der Waals surface area contributed by atoms with Crippen molar-refractivity contribution in [2.75, 3.05) is 0 Å². The first-order chi connectivity index (χ1) is 10.1. The van der Waals surface area contributed by atoms with Crippen molar-refractivity contribution in [3.05, 3.63) is 69.4 Å². The van der Waals surface area contributed by atoms with Crippen molar-refractivity contribution >= 4 is 39.6 Å². The molecule has 21 heavy (non-hydrogen) atoms. The Morgan fingerprint density at radius 3 is 2.62 bits per heavy atom. The summed E-state index contributed by atoms with van der Waals surface area (Å²) in [5.41, 5.74) is 1.11. The van der Waals surface area contributed by atoms with E-state index in [1.807, 2.05) is 25.1 Å². The standard InChI is InChI=1S/C17H14ClNOS/c1-11(19-17(20)15-9-10-16(18)21-15)13-8-4-6-12-5-2-3-7-14(12)13/h2-11H,1H3,(H,19,20)/t11-/m0/s1. The minimum atomic E-state index is -0.0904. The maximum absolute atomic E-state index is 12.2. The van der Waals surface area contributed by atoms with E-state index in [-0.39, 0.29) is 11.9 Å². The molecular formula is C17H14ClNOS. The molecule has 3 aromatic rings. The van der Waals surface area contributed by atoms with Gasteiger partial charge in [-0.05, 0) is 35.4 Å². The number of benzene rings is 2. The molecule has 1 heterocycles. The summed E-state index contributed by atoms with van der Waals surface area (Å²) >= 11 is 7.16. The molecule has 1 amide bonds. The highest BCUT2D eigenvalue weighted by Gasteiger charge is 2.14. The topological polar surface area (TPSA) is 29.1 Å². The predicted molar refractivity (Wildman–Crippen MR) is 89.2 cm³/mol. The van der Waals surface area contributed by atoms with Gasteiger partial charge < -0.3 is 5.32 Å². The largest absolute Gasteiger partial charge is 0.345 e. The first-order valence-corrected chi connectivity index (χ1v) is 7.88. The second-order valence-corrected chi connectivity index (χ2v) is 6.58. The zero-order chi connectivity index (χ0) is 14.8. The van der Waals surface area contributed by atoms with Crippen molar-refractivity contribution in [2.24, 2.45) is 0 Å². The third-order valence-electron chi connectivity index (χ3n) is 3.43. The fraction of sp³-hybridized carbons (Fsp3) is 0.118. The summed E-state index contributed by atoms with van der Waals surface area (Å²) in [5.74, 6) is -0.0904. The summed E-state index contributed by atoms with van der Waals surface area (Å²) in [6.45, 7) is 1.99. The van der Waals surface area contributed by atoms with Crippen LogP contribution < -0.4 is 5.32 Å². The van der Waals surface area contributed by atoms with E-state index < -0.39 is 0 Å². The number of hydrogen-bond donors (Lipinski definition) is 1. The Labute approximate surface area is 132 Å². The molecule has 1 atom stereocenters. The second-order valence-electron chi connectivity index (χ2n) is 4.87. The van der Waals surface area contributed by atoms with Crippen molar-refractivity contribution in [3.63, 3.8) is 0 Å². The van der Waals surface area contributed by atoms with E-state index in [0.29, 0.717) is 9.21 Å². The molecule has 0 unspecified atom stereocenters. The summed E-state index contributed by atoms with van der Waals surface area (Å²) in [5, 5.41) is 5.37. The molecule has 0 saturated heterocycles. The number of fused-ring (bicyclic) bond motifs is 1. The van der Waals surface area contributed by atoms with Crippen molar-refractivity contribution in [1.29, 1.82) is 0 Å². The fourth-order valence-electron chi connectivity index (χ4n) is 2.41. The van der Waals surface area contributed by atoms with Crippen LogP contribution in [-0.2, 0) is 0 Å². The molecule has 0 aliphatic heterocycles. The first-order valence-electron chi connectivity index (χ1n) is 6.69. The number of hydrogen-bond acceptors (Lipinski definition) is 2. The molecule has 2 aromatic carbocycles. The molecule has 4 heteroatoms. The molecule has 0 aliphatic carbocycles. The Balaban J connectivity index is 1.87. The Kier molecular flexibility index (Phi) is 3.95. The van der Waals surface area contributed by atoms with Gasteiger partial charge in [0.25, 0.3) is 5.91 Å². The van der Waals surface area contributed by atoms with Crippen LogP contribution in [0.15, 0.2) is 54.6 Å². The molecule has 0 fully saturated rings. The van der Waals surface area contributed by atoms with Gasteiger partial charge in [-0.15, -0.1) is 11.3 Å². The SMILES string of the molecule is C[C@H](NC(=O)c1ccc(Cl)s1)c1cccc2ccccc12. The van der Waals surface area contributed by atoms with Crippen LogP contribution >= 0.6 is 22.9 Å². The van der Waals surface area contributed by atoms with Gasteiger partial charge in [0, 0.05) is 0 Å². The average Bonchev–Trinajstić information content (AvgIpc) is 2.93. The smallest absolute Gasteiger partial charge is 0.261 e. The maximum Gasteiger partial charge on any atom is 0.261 e. The lowest BCUT2D eigenvalue weighted by Gasteiger charge is -2.16. The van der Waals surface area contributed by atoms with E-state index in [0.717, 1.165) is 10.9 Å². The summed E-state index contributed by atoms with van der Waals surface area (Å²) in [6, 6.07) is 17.7. The number of carbonyl (C=O) groups is 1. The molecule has 0 spiro atoms. The average molecular weight is 316 g/mol. The molecule has 0 radical (unpaired) electrons. The van der Waals surface area contributed by atoms with E-state index >= 15 is 0 Å². The molecule has 0 bridgehead atoms. The highest BCUT2D eigenvalue weighted by molar-refractivity contribution is 7.18. The molecule has 1 N–H and O–H groups in total. The minimum Gasteiger partial charge on any atom is -0.345 e. The summed E-state index contributed by atoms with van der Waals surface area (Å²) < 4.78 is 0.623. The van der Waals surface area contributed by atoms with Crippen LogP contribution in [0.25, 0.3) is 10.8 Å². The number of halogens is 1. The zero-order valence-electron chi connectivity index (χ0n) is 11.5. The molecule has 1 aromatic heterocycles. The fourth-order valence-corrected chi connectivity index (χ4v) is 3.36. The van der Waals surface area contributed by atoms with Crippen LogP contribution in [0.1, 0.15) is 28.2 Å². The van der Waals surface area contributed by atoms with Gasteiger partial charge in [0.2, 0.25) is 0 Å². The Morgan fingerprint density at radius 2 is 1.86 bits per heavy atom. The van der Waals surface area contributed by atoms with Crippen LogP contribution in [0.2, 0.25) is 4.34 Å². The summed E-state index contributed by atoms with van der Waals surface area (Å²) in [4.78, 5) is 12.9. The van der Waals surface area contributed by atoms with Crippen molar-refractivity contribution in [1.82, 2.24) is 5.32 Å². The number of amides is 1. The quantitative estimate of drug-likeness (QED) is 0.720. The van der Waals surface area contributed by atoms with E-state index in [1.54, 1.807) is 12.1 Å². The molecule has 106 valence electrons. The first kappa shape index (κ1) is 14.1. The van der Waals surface area contributed by atoms with Gasteiger partial charge in [0.15, 0.2) is 0 Å². The lowest BCUT2D eigenvalue weighted by molar-refractivity contribution is 0.0944. The van der Waals surface area contributed by atoms with Gasteiger partial charge in [-0.1, -0.05) is 54.1 Å². The van der Waals surface area contributed by atoms with Crippen molar-refractivity contribution < 1.29 is 4.79 Å². The normalized spacial score (nSPS) is 12.3. The highest BCUT2D eigenvalue weighted by Crippen LogP contribution is 2.26. The number of carbonyl (C=O) groups excluding carboxylic acids is 1. The van der Waals surface area contributed by atoms with Gasteiger partial charge >= 0.3 is 0 Å². The molecule has 0 saturated carbocycles. The van der Waals surface area contributed by atoms with Crippen molar-refractivity contribution in [2.45, 2.75) is 13.0 Å². The zero-order valence-corrected chi connectivity index (χ0v) is 13.0. The Hall–Kier alpha value is -1.84. The van der Waals surface area contributed by atoms with Crippen LogP contribution in [0.3, 0.4) is 0 Å². The Morgan fingerprint density at radius 1 is 1.10 bits per heavy atom. The van der Waals surface area contributed by atoms with Gasteiger partial charge in [-0.2, -0.15) is 0 Å². The van der Waals surface area contributed by atoms with Gasteiger partial charge in [-0.25, -0.2) is 0 Å². The summed E-state index contributed by atoms with van der Waals surface area (Å²) in [7, 11) is 0. The van der Waals surface area contributed by atoms with Crippen LogP contribution in [-0.4, -0.2) is 5.91 Å². The van der Waals surface area contributed by atoms with Crippen LogP contribution in [0.5, 0.6) is 0 Å². The van der Waals surface area contributed by atoms with Crippen LogP contribution in [0.4, 0.5) is 0 Å². The molecule has 2 nitrogen and oxygen atoms in total. The molecule has 3 rings (SSSR count). The van der Waals surface area contributed by atoms with Gasteiger partial charge in [0.1, 0.15) is 0 Å². The highest BCUT2D eigenvalue weighted by atomic mass is 35.5. The lowest BCUT2D eigenvalue weighted by Crippen LogP contribution is -2.26. The van der Waals surface area contributed by atoms with Crippen molar-refractivity contribution in [3.8, 4) is 0 Å². The third-order valence-corrected chi connectivity index (χ3v) is 4.66. The number of nitrogens with one attached hydrogen (secondary N) is 1. The van der Waals surface area contributed by atoms with Crippen LogP contribution in [0, 0.1) is 0 Å². The van der Waals surface area contributed by atoms with Gasteiger partial charge in [0.05, 0.1) is 15.3 Å². The number of rotatable bonds is 3. The van der Waals surface area contributed by atoms with Gasteiger partial charge in [-0.3, -0.25) is 4.79 Å². The summed E-state index contributed by atoms with van der Waals surface area (Å²) in [6.07, 6.45) is 0. The predicted octanol–water partition coefficient (Wildman–Crippen LogP) is 5.05. The maximum atomic E-state index is 12.2. The van der Waals surface area contributed by atoms with E-state index in [1.165, 1.54) is 16.7 Å². The minimum absolute atomic E-state index is 0.0653. The number of thiophene rings is 1. The lowest BCUT2D eigenvalue weighted by atomic mass is 10.00. The Bertz CT molecular complexity index is 791. The third kappa shape index (κ3) is 2.94. The monoisotopic (exact) mass is 315 g/mol. The second kappa shape index (κ2) is 5.88. The van der Waals surface area contributed by atoms with E-state index in [2.05, 4.69) is 29.6 Å².